The van der Waals surface area contributed by atoms with E-state index in [-0.39, 0.29) is 11.9 Å². The molecule has 2 heterocycles. The molecule has 2 aliphatic heterocycles. The van der Waals surface area contributed by atoms with Crippen LogP contribution in [0.5, 0.6) is 0 Å². The number of anilines is 1. The third kappa shape index (κ3) is 2.21. The summed E-state index contributed by atoms with van der Waals surface area (Å²) in [4.78, 5) is 14.4. The van der Waals surface area contributed by atoms with Crippen molar-refractivity contribution in [2.45, 2.75) is 23.8 Å². The molecular formula is C18H22N2O2S. The minimum atomic E-state index is -0.172. The first-order valence-electron chi connectivity index (χ1n) is 8.06. The minimum Gasteiger partial charge on any atom is -0.469 e. The molecule has 4 nitrogen and oxygen atoms in total. The van der Waals surface area contributed by atoms with Crippen LogP contribution >= 0.6 is 11.8 Å². The van der Waals surface area contributed by atoms with Crippen molar-refractivity contribution in [3.63, 3.8) is 0 Å². The smallest absolute Gasteiger partial charge is 0.313 e. The number of hydrogen-bond donors (Lipinski definition) is 1. The van der Waals surface area contributed by atoms with E-state index in [1.807, 2.05) is 11.8 Å². The first-order chi connectivity index (χ1) is 11.1. The standard InChI is InChI=1S/C18H22N2O2S/c1-20-9-10(18(21)22-2)7-12-11-5-4-6-14-16(11)13(8-15(12)20)17(19-14)23-3/h4-7,10,13,15,17,19H,8-9H2,1-3H3/t10-,13?,15-,17?/m1/s1. The van der Waals surface area contributed by atoms with Crippen molar-refractivity contribution in [2.75, 3.05) is 32.3 Å². The first kappa shape index (κ1) is 15.1. The van der Waals surface area contributed by atoms with Gasteiger partial charge in [0.15, 0.2) is 0 Å². The number of ether oxygens (including phenoxy) is 1. The Morgan fingerprint density at radius 2 is 2.26 bits per heavy atom. The zero-order valence-corrected chi connectivity index (χ0v) is 14.5. The molecule has 1 aromatic carbocycles. The number of thioether (sulfide) groups is 1. The van der Waals surface area contributed by atoms with Gasteiger partial charge in [0.2, 0.25) is 0 Å². The second-order valence-corrected chi connectivity index (χ2v) is 7.60. The maximum absolute atomic E-state index is 12.0. The maximum atomic E-state index is 12.0. The number of carbonyl (C=O) groups excluding carboxylic acids is 1. The Morgan fingerprint density at radius 1 is 1.43 bits per heavy atom. The average Bonchev–Trinajstić information content (AvgIpc) is 2.94. The number of fused-ring (bicyclic) bond motifs is 2. The van der Waals surface area contributed by atoms with Crippen LogP contribution in [0.1, 0.15) is 23.5 Å². The molecule has 0 radical (unpaired) electrons. The van der Waals surface area contributed by atoms with E-state index in [0.29, 0.717) is 17.3 Å². The average molecular weight is 330 g/mol. The molecule has 0 saturated carbocycles. The van der Waals surface area contributed by atoms with Crippen LogP contribution in [-0.4, -0.2) is 49.2 Å². The molecule has 23 heavy (non-hydrogen) atoms. The molecule has 0 fully saturated rings. The van der Waals surface area contributed by atoms with Gasteiger partial charge in [-0.05, 0) is 42.5 Å². The Labute approximate surface area is 141 Å². The van der Waals surface area contributed by atoms with E-state index >= 15 is 0 Å². The molecule has 0 aromatic heterocycles. The van der Waals surface area contributed by atoms with Crippen molar-refractivity contribution in [1.29, 1.82) is 0 Å². The first-order valence-corrected chi connectivity index (χ1v) is 9.35. The van der Waals surface area contributed by atoms with Gasteiger partial charge >= 0.3 is 5.97 Å². The number of esters is 1. The van der Waals surface area contributed by atoms with Gasteiger partial charge in [0.25, 0.3) is 0 Å². The highest BCUT2D eigenvalue weighted by molar-refractivity contribution is 7.99. The van der Waals surface area contributed by atoms with Crippen molar-refractivity contribution in [3.05, 3.63) is 35.4 Å². The van der Waals surface area contributed by atoms with Crippen LogP contribution in [0.3, 0.4) is 0 Å². The summed E-state index contributed by atoms with van der Waals surface area (Å²) in [6, 6.07) is 6.89. The number of likely N-dealkylation sites (N-methyl/N-ethyl adjacent to an activating group) is 1. The van der Waals surface area contributed by atoms with E-state index in [1.165, 1.54) is 29.5 Å². The summed E-state index contributed by atoms with van der Waals surface area (Å²) < 4.78 is 4.97. The van der Waals surface area contributed by atoms with Crippen LogP contribution in [0.25, 0.3) is 5.57 Å². The SMILES string of the molecule is COC(=O)[C@@H]1C=C2c3cccc4c3C(C[C@H]2N(C)C1)C(SC)N4. The largest absolute Gasteiger partial charge is 0.469 e. The van der Waals surface area contributed by atoms with Gasteiger partial charge in [-0.15, -0.1) is 11.8 Å². The highest BCUT2D eigenvalue weighted by Gasteiger charge is 2.44. The summed E-state index contributed by atoms with van der Waals surface area (Å²) in [5, 5.41) is 4.11. The molecule has 1 N–H and O–H groups in total. The number of methoxy groups -OCH3 is 1. The van der Waals surface area contributed by atoms with Crippen LogP contribution in [0.15, 0.2) is 24.3 Å². The fraction of sp³-hybridized carbons (Fsp3) is 0.500. The van der Waals surface area contributed by atoms with Crippen LogP contribution in [0.4, 0.5) is 5.69 Å². The minimum absolute atomic E-state index is 0.141. The summed E-state index contributed by atoms with van der Waals surface area (Å²) in [5.74, 6) is 0.224. The van der Waals surface area contributed by atoms with E-state index in [4.69, 9.17) is 4.74 Å². The van der Waals surface area contributed by atoms with Gasteiger partial charge in [-0.2, -0.15) is 0 Å². The monoisotopic (exact) mass is 330 g/mol. The molecule has 5 heteroatoms. The van der Waals surface area contributed by atoms with Crippen molar-refractivity contribution in [1.82, 2.24) is 4.90 Å². The van der Waals surface area contributed by atoms with Crippen molar-refractivity contribution >= 4 is 29.0 Å². The highest BCUT2D eigenvalue weighted by Crippen LogP contribution is 2.52. The maximum Gasteiger partial charge on any atom is 0.313 e. The Balaban J connectivity index is 1.83. The molecular weight excluding hydrogens is 308 g/mol. The van der Waals surface area contributed by atoms with Gasteiger partial charge in [-0.3, -0.25) is 9.69 Å². The zero-order valence-electron chi connectivity index (χ0n) is 13.7. The molecule has 0 saturated heterocycles. The van der Waals surface area contributed by atoms with Gasteiger partial charge in [0.05, 0.1) is 18.4 Å². The van der Waals surface area contributed by atoms with Crippen LogP contribution < -0.4 is 5.32 Å². The van der Waals surface area contributed by atoms with Crippen molar-refractivity contribution in [3.8, 4) is 0 Å². The Kier molecular flexibility index (Phi) is 3.65. The van der Waals surface area contributed by atoms with Crippen molar-refractivity contribution < 1.29 is 9.53 Å². The second kappa shape index (κ2) is 5.56. The molecule has 3 aliphatic rings. The fourth-order valence-corrected chi connectivity index (χ4v) is 5.20. The van der Waals surface area contributed by atoms with Crippen molar-refractivity contribution in [2.24, 2.45) is 5.92 Å². The lowest BCUT2D eigenvalue weighted by Crippen LogP contribution is -2.45. The lowest BCUT2D eigenvalue weighted by Gasteiger charge is -2.42. The molecule has 0 amide bonds. The van der Waals surface area contributed by atoms with Crippen LogP contribution in [0, 0.1) is 5.92 Å². The molecule has 4 atom stereocenters. The highest BCUT2D eigenvalue weighted by atomic mass is 32.2. The number of nitrogens with one attached hydrogen (secondary N) is 1. The molecule has 122 valence electrons. The molecule has 1 aromatic rings. The zero-order chi connectivity index (χ0) is 16.1. The van der Waals surface area contributed by atoms with E-state index in [2.05, 4.69) is 47.8 Å². The quantitative estimate of drug-likeness (QED) is 0.845. The summed E-state index contributed by atoms with van der Waals surface area (Å²) in [5.41, 5.74) is 5.31. The molecule has 0 bridgehead atoms. The Hall–Kier alpha value is -1.46. The summed E-state index contributed by atoms with van der Waals surface area (Å²) >= 11 is 1.89. The number of benzene rings is 1. The lowest BCUT2D eigenvalue weighted by molar-refractivity contribution is -0.144. The predicted molar refractivity (Wildman–Crippen MR) is 94.6 cm³/mol. The van der Waals surface area contributed by atoms with E-state index in [1.54, 1.807) is 0 Å². The number of hydrogen-bond acceptors (Lipinski definition) is 5. The Bertz CT molecular complexity index is 688. The van der Waals surface area contributed by atoms with Crippen LogP contribution in [0.2, 0.25) is 0 Å². The number of nitrogens with zero attached hydrogens (tertiary/aromatic N) is 1. The summed E-state index contributed by atoms with van der Waals surface area (Å²) in [6.45, 7) is 0.736. The number of rotatable bonds is 2. The summed E-state index contributed by atoms with van der Waals surface area (Å²) in [7, 11) is 3.59. The van der Waals surface area contributed by atoms with E-state index in [9.17, 15) is 4.79 Å². The number of carbonyl (C=O) groups is 1. The third-order valence-corrected chi connectivity index (χ3v) is 6.40. The third-order valence-electron chi connectivity index (χ3n) is 5.44. The second-order valence-electron chi connectivity index (χ2n) is 6.62. The van der Waals surface area contributed by atoms with Crippen LogP contribution in [-0.2, 0) is 9.53 Å². The van der Waals surface area contributed by atoms with Gasteiger partial charge < -0.3 is 10.1 Å². The van der Waals surface area contributed by atoms with E-state index in [0.717, 1.165) is 13.0 Å². The van der Waals surface area contributed by atoms with E-state index < -0.39 is 0 Å². The topological polar surface area (TPSA) is 41.6 Å². The van der Waals surface area contributed by atoms with Gasteiger partial charge in [0, 0.05) is 24.2 Å². The van der Waals surface area contributed by atoms with Gasteiger partial charge in [-0.25, -0.2) is 0 Å². The summed E-state index contributed by atoms with van der Waals surface area (Å²) in [6.07, 6.45) is 5.43. The molecule has 2 unspecified atom stereocenters. The molecule has 4 rings (SSSR count). The predicted octanol–water partition coefficient (Wildman–Crippen LogP) is 2.78. The van der Waals surface area contributed by atoms with Gasteiger partial charge in [0.1, 0.15) is 0 Å². The molecule has 0 spiro atoms. The Morgan fingerprint density at radius 3 is 3.00 bits per heavy atom. The lowest BCUT2D eigenvalue weighted by atomic mass is 9.74. The normalized spacial score (nSPS) is 31.7. The molecule has 1 aliphatic carbocycles. The van der Waals surface area contributed by atoms with Gasteiger partial charge in [-0.1, -0.05) is 18.2 Å². The fourth-order valence-electron chi connectivity index (χ4n) is 4.38.